The van der Waals surface area contributed by atoms with E-state index in [1.165, 1.54) is 6.07 Å². The van der Waals surface area contributed by atoms with Crippen molar-refractivity contribution in [2.45, 2.75) is 6.42 Å². The normalized spacial score (nSPS) is 10.5. The molecule has 0 bridgehead atoms. The fourth-order valence-corrected chi connectivity index (χ4v) is 1.11. The molecular formula is C8H8ClF2NO. The van der Waals surface area contributed by atoms with Crippen molar-refractivity contribution < 1.29 is 13.6 Å². The first-order valence-corrected chi connectivity index (χ1v) is 3.98. The summed E-state index contributed by atoms with van der Waals surface area (Å²) in [5.74, 6) is 3.25. The summed E-state index contributed by atoms with van der Waals surface area (Å²) in [6.45, 7) is 0.166. The summed E-state index contributed by atoms with van der Waals surface area (Å²) in [6.07, 6.45) is 0.266. The molecule has 72 valence electrons. The molecule has 0 aliphatic carbocycles. The molecule has 0 aliphatic rings. The first-order chi connectivity index (χ1) is 6.16. The molecular weight excluding hydrogens is 200 g/mol. The van der Waals surface area contributed by atoms with Crippen molar-refractivity contribution in [2.24, 2.45) is 5.90 Å². The zero-order valence-corrected chi connectivity index (χ0v) is 7.44. The van der Waals surface area contributed by atoms with Gasteiger partial charge in [0.2, 0.25) is 0 Å². The average Bonchev–Trinajstić information content (AvgIpc) is 2.13. The van der Waals surface area contributed by atoms with Crippen LogP contribution in [0, 0.1) is 11.6 Å². The number of halogens is 3. The zero-order valence-electron chi connectivity index (χ0n) is 6.69. The quantitative estimate of drug-likeness (QED) is 0.608. The van der Waals surface area contributed by atoms with Crippen LogP contribution < -0.4 is 5.90 Å². The lowest BCUT2D eigenvalue weighted by Crippen LogP contribution is -2.05. The highest BCUT2D eigenvalue weighted by Gasteiger charge is 2.10. The first-order valence-electron chi connectivity index (χ1n) is 3.61. The van der Waals surface area contributed by atoms with Gasteiger partial charge in [-0.1, -0.05) is 17.7 Å². The molecule has 1 rings (SSSR count). The van der Waals surface area contributed by atoms with Crippen LogP contribution in [0.5, 0.6) is 0 Å². The number of hydrogen-bond donors (Lipinski definition) is 1. The predicted molar refractivity (Wildman–Crippen MR) is 45.2 cm³/mol. The highest BCUT2D eigenvalue weighted by molar-refractivity contribution is 6.30. The molecule has 0 aromatic heterocycles. The highest BCUT2D eigenvalue weighted by Crippen LogP contribution is 2.21. The second kappa shape index (κ2) is 4.50. The van der Waals surface area contributed by atoms with E-state index in [9.17, 15) is 8.78 Å². The van der Waals surface area contributed by atoms with Crippen molar-refractivity contribution in [3.8, 4) is 0 Å². The number of rotatable bonds is 3. The molecule has 1 aromatic carbocycles. The van der Waals surface area contributed by atoms with Crippen molar-refractivity contribution in [3.05, 3.63) is 34.4 Å². The van der Waals surface area contributed by atoms with Gasteiger partial charge in [-0.05, 0) is 11.6 Å². The molecule has 0 amide bonds. The summed E-state index contributed by atoms with van der Waals surface area (Å²) < 4.78 is 25.8. The van der Waals surface area contributed by atoms with Crippen LogP contribution in [0.1, 0.15) is 5.56 Å². The van der Waals surface area contributed by atoms with Crippen molar-refractivity contribution in [1.29, 1.82) is 0 Å². The summed E-state index contributed by atoms with van der Waals surface area (Å²) in [6, 6.07) is 2.42. The van der Waals surface area contributed by atoms with Gasteiger partial charge in [-0.25, -0.2) is 14.7 Å². The monoisotopic (exact) mass is 207 g/mol. The Morgan fingerprint density at radius 2 is 2.08 bits per heavy atom. The van der Waals surface area contributed by atoms with E-state index in [0.717, 1.165) is 6.07 Å². The molecule has 5 heteroatoms. The lowest BCUT2D eigenvalue weighted by Gasteiger charge is -2.03. The molecule has 0 unspecified atom stereocenters. The third kappa shape index (κ3) is 2.37. The van der Waals surface area contributed by atoms with Gasteiger partial charge in [0.15, 0.2) is 0 Å². The SMILES string of the molecule is NOCCc1ccc(F)c(Cl)c1F. The minimum absolute atomic E-state index is 0.166. The summed E-state index contributed by atoms with van der Waals surface area (Å²) in [5.41, 5.74) is 0.289. The van der Waals surface area contributed by atoms with Crippen LogP contribution in [0.4, 0.5) is 8.78 Å². The maximum atomic E-state index is 13.1. The maximum Gasteiger partial charge on any atom is 0.148 e. The summed E-state index contributed by atoms with van der Waals surface area (Å²) >= 11 is 5.34. The second-order valence-electron chi connectivity index (χ2n) is 2.46. The molecule has 0 aliphatic heterocycles. The average molecular weight is 208 g/mol. The lowest BCUT2D eigenvalue weighted by molar-refractivity contribution is 0.140. The third-order valence-corrected chi connectivity index (χ3v) is 1.95. The van der Waals surface area contributed by atoms with Gasteiger partial charge in [-0.2, -0.15) is 0 Å². The number of benzene rings is 1. The fraction of sp³-hybridized carbons (Fsp3) is 0.250. The Morgan fingerprint density at radius 3 is 2.69 bits per heavy atom. The molecule has 0 fully saturated rings. The Balaban J connectivity index is 2.90. The van der Waals surface area contributed by atoms with Gasteiger partial charge in [0.1, 0.15) is 16.7 Å². The van der Waals surface area contributed by atoms with Crippen LogP contribution in [-0.2, 0) is 11.3 Å². The van der Waals surface area contributed by atoms with Crippen LogP contribution in [0.25, 0.3) is 0 Å². The van der Waals surface area contributed by atoms with Crippen molar-refractivity contribution in [1.82, 2.24) is 0 Å². The van der Waals surface area contributed by atoms with E-state index < -0.39 is 16.7 Å². The fourth-order valence-electron chi connectivity index (χ4n) is 0.928. The second-order valence-corrected chi connectivity index (χ2v) is 2.83. The van der Waals surface area contributed by atoms with Crippen molar-refractivity contribution >= 4 is 11.6 Å². The van der Waals surface area contributed by atoms with E-state index in [0.29, 0.717) is 0 Å². The number of hydrogen-bond acceptors (Lipinski definition) is 2. The van der Waals surface area contributed by atoms with Gasteiger partial charge in [-0.15, -0.1) is 0 Å². The Labute approximate surface area is 79.2 Å². The summed E-state index contributed by atoms with van der Waals surface area (Å²) in [4.78, 5) is 4.27. The molecule has 2 N–H and O–H groups in total. The lowest BCUT2D eigenvalue weighted by atomic mass is 10.1. The van der Waals surface area contributed by atoms with E-state index in [-0.39, 0.29) is 18.6 Å². The minimum Gasteiger partial charge on any atom is -0.304 e. The van der Waals surface area contributed by atoms with E-state index in [2.05, 4.69) is 4.84 Å². The zero-order chi connectivity index (χ0) is 9.84. The van der Waals surface area contributed by atoms with Gasteiger partial charge in [-0.3, -0.25) is 0 Å². The van der Waals surface area contributed by atoms with E-state index in [4.69, 9.17) is 17.5 Å². The Morgan fingerprint density at radius 1 is 1.38 bits per heavy atom. The molecule has 0 radical (unpaired) electrons. The summed E-state index contributed by atoms with van der Waals surface area (Å²) in [7, 11) is 0. The Bertz CT molecular complexity index is 306. The topological polar surface area (TPSA) is 35.2 Å². The highest BCUT2D eigenvalue weighted by atomic mass is 35.5. The smallest absolute Gasteiger partial charge is 0.148 e. The molecule has 0 heterocycles. The van der Waals surface area contributed by atoms with Crippen molar-refractivity contribution in [2.75, 3.05) is 6.61 Å². The maximum absolute atomic E-state index is 13.1. The summed E-state index contributed by atoms with van der Waals surface area (Å²) in [5, 5.41) is -0.491. The largest absolute Gasteiger partial charge is 0.304 e. The minimum atomic E-state index is -0.767. The van der Waals surface area contributed by atoms with Gasteiger partial charge >= 0.3 is 0 Å². The van der Waals surface area contributed by atoms with Crippen molar-refractivity contribution in [3.63, 3.8) is 0 Å². The van der Waals surface area contributed by atoms with Crippen LogP contribution in [0.15, 0.2) is 12.1 Å². The molecule has 0 saturated carbocycles. The standard InChI is InChI=1S/C8H8ClF2NO/c9-7-6(10)2-1-5(8(7)11)3-4-13-12/h1-2H,3-4,12H2. The predicted octanol–water partition coefficient (Wildman–Crippen LogP) is 2.05. The van der Waals surface area contributed by atoms with Crippen LogP contribution in [0.3, 0.4) is 0 Å². The van der Waals surface area contributed by atoms with E-state index >= 15 is 0 Å². The molecule has 0 spiro atoms. The molecule has 1 aromatic rings. The van der Waals surface area contributed by atoms with Gasteiger partial charge in [0, 0.05) is 6.42 Å². The van der Waals surface area contributed by atoms with Gasteiger partial charge in [0.05, 0.1) is 6.61 Å². The molecule has 2 nitrogen and oxygen atoms in total. The third-order valence-electron chi connectivity index (χ3n) is 1.60. The first kappa shape index (κ1) is 10.4. The van der Waals surface area contributed by atoms with Gasteiger partial charge in [0.25, 0.3) is 0 Å². The molecule has 0 atom stereocenters. The van der Waals surface area contributed by atoms with Gasteiger partial charge < -0.3 is 4.84 Å². The molecule has 13 heavy (non-hydrogen) atoms. The van der Waals surface area contributed by atoms with E-state index in [1.54, 1.807) is 0 Å². The Hall–Kier alpha value is -0.710. The van der Waals surface area contributed by atoms with Crippen LogP contribution in [0.2, 0.25) is 5.02 Å². The van der Waals surface area contributed by atoms with Crippen LogP contribution in [-0.4, -0.2) is 6.61 Å². The Kier molecular flexibility index (Phi) is 3.59. The number of nitrogens with two attached hydrogens (primary N) is 1. The van der Waals surface area contributed by atoms with E-state index in [1.807, 2.05) is 0 Å². The van der Waals surface area contributed by atoms with Crippen LogP contribution >= 0.6 is 11.6 Å². The molecule has 0 saturated heterocycles.